The van der Waals surface area contributed by atoms with Crippen molar-refractivity contribution in [2.45, 2.75) is 24.3 Å². The number of aryl methyl sites for hydroxylation is 1. The largest absolute Gasteiger partial charge is 0.452 e. The van der Waals surface area contributed by atoms with Gasteiger partial charge in [0.25, 0.3) is 5.91 Å². The van der Waals surface area contributed by atoms with E-state index in [-0.39, 0.29) is 11.7 Å². The Balaban J connectivity index is 1.48. The van der Waals surface area contributed by atoms with Gasteiger partial charge in [-0.1, -0.05) is 41.6 Å². The molecule has 3 rings (SSSR count). The molecule has 0 saturated carbocycles. The molecule has 1 amide bonds. The zero-order valence-corrected chi connectivity index (χ0v) is 16.0. The van der Waals surface area contributed by atoms with Gasteiger partial charge in [-0.05, 0) is 38.1 Å². The van der Waals surface area contributed by atoms with E-state index in [0.717, 1.165) is 20.1 Å². The fraction of sp³-hybridized carbons (Fsp3) is 0.211. The van der Waals surface area contributed by atoms with Crippen molar-refractivity contribution < 1.29 is 14.3 Å². The van der Waals surface area contributed by atoms with Crippen LogP contribution in [-0.4, -0.2) is 28.7 Å². The van der Waals surface area contributed by atoms with Crippen LogP contribution in [0.25, 0.3) is 10.2 Å². The maximum atomic E-state index is 12.1. The Bertz CT molecular complexity index is 889. The zero-order valence-electron chi connectivity index (χ0n) is 14.4. The molecular formula is C19H18N2O3S2. The van der Waals surface area contributed by atoms with Crippen molar-refractivity contribution in [3.63, 3.8) is 0 Å². The Morgan fingerprint density at radius 2 is 1.92 bits per heavy atom. The summed E-state index contributed by atoms with van der Waals surface area (Å²) in [7, 11) is 0. The van der Waals surface area contributed by atoms with E-state index in [1.165, 1.54) is 23.1 Å². The van der Waals surface area contributed by atoms with Crippen molar-refractivity contribution in [3.05, 3.63) is 54.1 Å². The van der Waals surface area contributed by atoms with Crippen molar-refractivity contribution in [2.75, 3.05) is 11.1 Å². The number of rotatable bonds is 6. The number of esters is 1. The van der Waals surface area contributed by atoms with Crippen LogP contribution in [0.3, 0.4) is 0 Å². The minimum atomic E-state index is -0.861. The van der Waals surface area contributed by atoms with Crippen molar-refractivity contribution in [1.29, 1.82) is 0 Å². The van der Waals surface area contributed by atoms with E-state index < -0.39 is 12.1 Å². The highest BCUT2D eigenvalue weighted by molar-refractivity contribution is 8.01. The van der Waals surface area contributed by atoms with Crippen LogP contribution >= 0.6 is 23.1 Å². The Morgan fingerprint density at radius 1 is 1.19 bits per heavy atom. The highest BCUT2D eigenvalue weighted by atomic mass is 32.2. The average Bonchev–Trinajstić information content (AvgIpc) is 3.05. The molecule has 0 unspecified atom stereocenters. The summed E-state index contributed by atoms with van der Waals surface area (Å²) in [6.45, 7) is 3.53. The van der Waals surface area contributed by atoms with Gasteiger partial charge in [0.1, 0.15) is 0 Å². The standard InChI is InChI=1S/C19H18N2O3S2/c1-12-7-9-14(10-8-12)20-18(23)13(2)24-17(22)11-25-19-21-15-5-3-4-6-16(15)26-19/h3-10,13H,11H2,1-2H3,(H,20,23)/t13-/m1/s1. The van der Waals surface area contributed by atoms with Gasteiger partial charge in [-0.15, -0.1) is 11.3 Å². The summed E-state index contributed by atoms with van der Waals surface area (Å²) in [6.07, 6.45) is -0.861. The smallest absolute Gasteiger partial charge is 0.317 e. The summed E-state index contributed by atoms with van der Waals surface area (Å²) in [4.78, 5) is 28.6. The van der Waals surface area contributed by atoms with Gasteiger partial charge in [0.15, 0.2) is 10.4 Å². The third-order valence-electron chi connectivity index (χ3n) is 3.58. The van der Waals surface area contributed by atoms with Gasteiger partial charge in [0.2, 0.25) is 0 Å². The number of thiazole rings is 1. The van der Waals surface area contributed by atoms with Crippen LogP contribution in [0.2, 0.25) is 0 Å². The number of nitrogens with one attached hydrogen (secondary N) is 1. The molecule has 5 nitrogen and oxygen atoms in total. The molecule has 0 radical (unpaired) electrons. The Labute approximate surface area is 159 Å². The van der Waals surface area contributed by atoms with Crippen molar-refractivity contribution >= 4 is 50.9 Å². The lowest BCUT2D eigenvalue weighted by atomic mass is 10.2. The van der Waals surface area contributed by atoms with Crippen molar-refractivity contribution in [1.82, 2.24) is 4.98 Å². The number of carbonyl (C=O) groups is 2. The van der Waals surface area contributed by atoms with Crippen LogP contribution in [0, 0.1) is 6.92 Å². The first kappa shape index (κ1) is 18.4. The highest BCUT2D eigenvalue weighted by Gasteiger charge is 2.18. The van der Waals surface area contributed by atoms with Crippen molar-refractivity contribution in [3.8, 4) is 0 Å². The van der Waals surface area contributed by atoms with Gasteiger partial charge in [0.05, 0.1) is 16.0 Å². The van der Waals surface area contributed by atoms with Crippen LogP contribution < -0.4 is 5.32 Å². The number of ether oxygens (including phenoxy) is 1. The predicted octanol–water partition coefficient (Wildman–Crippen LogP) is 4.27. The Morgan fingerprint density at radius 3 is 2.65 bits per heavy atom. The molecule has 134 valence electrons. The molecule has 0 aliphatic carbocycles. The molecule has 0 saturated heterocycles. The molecule has 2 aromatic carbocycles. The summed E-state index contributed by atoms with van der Waals surface area (Å²) in [5.41, 5.74) is 2.70. The summed E-state index contributed by atoms with van der Waals surface area (Å²) >= 11 is 2.85. The molecule has 26 heavy (non-hydrogen) atoms. The van der Waals surface area contributed by atoms with E-state index in [1.807, 2.05) is 55.5 Å². The number of hydrogen-bond donors (Lipinski definition) is 1. The van der Waals surface area contributed by atoms with Gasteiger partial charge in [0, 0.05) is 5.69 Å². The maximum absolute atomic E-state index is 12.1. The van der Waals surface area contributed by atoms with Gasteiger partial charge in [-0.25, -0.2) is 4.98 Å². The molecule has 0 bridgehead atoms. The molecule has 0 aliphatic rings. The summed E-state index contributed by atoms with van der Waals surface area (Å²) in [6, 6.07) is 15.2. The molecule has 3 aromatic rings. The van der Waals surface area contributed by atoms with Crippen LogP contribution in [0.15, 0.2) is 52.9 Å². The van der Waals surface area contributed by atoms with E-state index in [0.29, 0.717) is 5.69 Å². The van der Waals surface area contributed by atoms with E-state index >= 15 is 0 Å². The minimum Gasteiger partial charge on any atom is -0.452 e. The third kappa shape index (κ3) is 4.83. The Kier molecular flexibility index (Phi) is 5.90. The lowest BCUT2D eigenvalue weighted by Gasteiger charge is -2.13. The molecule has 7 heteroatoms. The molecular weight excluding hydrogens is 368 g/mol. The topological polar surface area (TPSA) is 68.3 Å². The third-order valence-corrected chi connectivity index (χ3v) is 5.74. The normalized spacial score (nSPS) is 11.9. The number of fused-ring (bicyclic) bond motifs is 1. The first-order valence-electron chi connectivity index (χ1n) is 8.06. The number of amides is 1. The fourth-order valence-corrected chi connectivity index (χ4v) is 4.05. The second kappa shape index (κ2) is 8.33. The number of hydrogen-bond acceptors (Lipinski definition) is 6. The van der Waals surface area contributed by atoms with E-state index in [1.54, 1.807) is 6.92 Å². The van der Waals surface area contributed by atoms with Gasteiger partial charge >= 0.3 is 5.97 Å². The second-order valence-corrected chi connectivity index (χ2v) is 7.98. The predicted molar refractivity (Wildman–Crippen MR) is 106 cm³/mol. The minimum absolute atomic E-state index is 0.113. The van der Waals surface area contributed by atoms with Gasteiger partial charge in [-0.3, -0.25) is 9.59 Å². The van der Waals surface area contributed by atoms with Gasteiger partial charge in [-0.2, -0.15) is 0 Å². The number of nitrogens with zero attached hydrogens (tertiary/aromatic N) is 1. The fourth-order valence-electron chi connectivity index (χ4n) is 2.20. The molecule has 0 aliphatic heterocycles. The number of anilines is 1. The van der Waals surface area contributed by atoms with E-state index in [9.17, 15) is 9.59 Å². The van der Waals surface area contributed by atoms with Crippen LogP contribution in [0.4, 0.5) is 5.69 Å². The highest BCUT2D eigenvalue weighted by Crippen LogP contribution is 2.29. The van der Waals surface area contributed by atoms with E-state index in [4.69, 9.17) is 4.74 Å². The van der Waals surface area contributed by atoms with Crippen molar-refractivity contribution in [2.24, 2.45) is 0 Å². The second-order valence-electron chi connectivity index (χ2n) is 5.72. The summed E-state index contributed by atoms with van der Waals surface area (Å²) in [5, 5.41) is 2.73. The summed E-state index contributed by atoms with van der Waals surface area (Å²) in [5.74, 6) is -0.685. The number of thioether (sulfide) groups is 1. The van der Waals surface area contributed by atoms with Crippen LogP contribution in [-0.2, 0) is 14.3 Å². The molecule has 1 atom stereocenters. The lowest BCUT2D eigenvalue weighted by molar-refractivity contribution is -0.150. The van der Waals surface area contributed by atoms with Gasteiger partial charge < -0.3 is 10.1 Å². The number of aromatic nitrogens is 1. The first-order chi connectivity index (χ1) is 12.5. The molecule has 0 spiro atoms. The number of carbonyl (C=O) groups excluding carboxylic acids is 2. The number of benzene rings is 2. The molecule has 1 N–H and O–H groups in total. The maximum Gasteiger partial charge on any atom is 0.317 e. The van der Waals surface area contributed by atoms with E-state index in [2.05, 4.69) is 10.3 Å². The monoisotopic (exact) mass is 386 g/mol. The average molecular weight is 386 g/mol. The molecule has 1 heterocycles. The Hall–Kier alpha value is -2.38. The first-order valence-corrected chi connectivity index (χ1v) is 9.87. The lowest BCUT2D eigenvalue weighted by Crippen LogP contribution is -2.30. The van der Waals surface area contributed by atoms with Crippen LogP contribution in [0.1, 0.15) is 12.5 Å². The van der Waals surface area contributed by atoms with Crippen LogP contribution in [0.5, 0.6) is 0 Å². The summed E-state index contributed by atoms with van der Waals surface area (Å²) < 4.78 is 7.09. The number of para-hydroxylation sites is 1. The molecule has 1 aromatic heterocycles. The zero-order chi connectivity index (χ0) is 18.5. The molecule has 0 fully saturated rings. The SMILES string of the molecule is Cc1ccc(NC(=O)[C@@H](C)OC(=O)CSc2nc3ccccc3s2)cc1. The quantitative estimate of drug-likeness (QED) is 0.506.